The molecule has 0 spiro atoms. The smallest absolute Gasteiger partial charge is 0.181 e. The minimum absolute atomic E-state index is 0.275. The molecule has 7 nitrogen and oxygen atoms in total. The molecule has 3 rings (SSSR count). The van der Waals surface area contributed by atoms with Gasteiger partial charge in [-0.1, -0.05) is 0 Å². The maximum Gasteiger partial charge on any atom is 0.181 e. The summed E-state index contributed by atoms with van der Waals surface area (Å²) in [6.07, 6.45) is 2.99. The molecule has 3 aromatic rings. The molecule has 0 unspecified atom stereocenters. The highest BCUT2D eigenvalue weighted by Gasteiger charge is 2.10. The molecule has 96 valence electrons. The van der Waals surface area contributed by atoms with Gasteiger partial charge in [0.15, 0.2) is 17.0 Å². The number of fused-ring (bicyclic) bond motifs is 1. The quantitative estimate of drug-likeness (QED) is 0.693. The van der Waals surface area contributed by atoms with E-state index in [1.54, 1.807) is 18.0 Å². The second-order valence-corrected chi connectivity index (χ2v) is 3.82. The maximum atomic E-state index is 8.98. The molecule has 19 heavy (non-hydrogen) atoms. The van der Waals surface area contributed by atoms with Crippen LogP contribution in [0.3, 0.4) is 0 Å². The molecule has 7 heteroatoms. The van der Waals surface area contributed by atoms with Crippen LogP contribution in [0.4, 0.5) is 5.82 Å². The summed E-state index contributed by atoms with van der Waals surface area (Å²) in [7, 11) is 1.62. The van der Waals surface area contributed by atoms with Crippen LogP contribution in [0.2, 0.25) is 0 Å². The lowest BCUT2D eigenvalue weighted by Gasteiger charge is -2.05. The minimum Gasteiger partial charge on any atom is -0.497 e. The van der Waals surface area contributed by atoms with E-state index in [1.165, 1.54) is 6.33 Å². The lowest BCUT2D eigenvalue weighted by molar-refractivity contribution is 0.386. The summed E-state index contributed by atoms with van der Waals surface area (Å²) >= 11 is 0. The van der Waals surface area contributed by atoms with E-state index in [-0.39, 0.29) is 5.82 Å². The standard InChI is InChI=1S/C12H11N5O2/c1-19-9-4-2-8(3-5-9)17-7-15-10-11(16-18)13-6-14-12(10)17/h2-7,18H,1H3,(H,13,14,16). The molecule has 0 aliphatic carbocycles. The third-order valence-electron chi connectivity index (χ3n) is 2.79. The van der Waals surface area contributed by atoms with Gasteiger partial charge in [-0.15, -0.1) is 0 Å². The van der Waals surface area contributed by atoms with Crippen molar-refractivity contribution < 1.29 is 9.94 Å². The molecule has 2 N–H and O–H groups in total. The molecule has 0 atom stereocenters. The highest BCUT2D eigenvalue weighted by atomic mass is 16.5. The van der Waals surface area contributed by atoms with Crippen LogP contribution in [0.15, 0.2) is 36.9 Å². The van der Waals surface area contributed by atoms with Crippen molar-refractivity contribution in [3.63, 3.8) is 0 Å². The van der Waals surface area contributed by atoms with Crippen LogP contribution in [0.5, 0.6) is 5.75 Å². The molecule has 0 aliphatic rings. The van der Waals surface area contributed by atoms with Crippen molar-refractivity contribution in [3.8, 4) is 11.4 Å². The van der Waals surface area contributed by atoms with Crippen LogP contribution in [-0.2, 0) is 0 Å². The first-order chi connectivity index (χ1) is 9.33. The van der Waals surface area contributed by atoms with E-state index in [9.17, 15) is 0 Å². The average molecular weight is 257 g/mol. The predicted octanol–water partition coefficient (Wildman–Crippen LogP) is 1.63. The van der Waals surface area contributed by atoms with Crippen LogP contribution in [0.1, 0.15) is 0 Å². The number of imidazole rings is 1. The number of ether oxygens (including phenoxy) is 1. The largest absolute Gasteiger partial charge is 0.497 e. The summed E-state index contributed by atoms with van der Waals surface area (Å²) in [5.74, 6) is 1.05. The zero-order valence-electron chi connectivity index (χ0n) is 10.1. The molecular weight excluding hydrogens is 246 g/mol. The van der Waals surface area contributed by atoms with Gasteiger partial charge in [0.25, 0.3) is 0 Å². The number of benzene rings is 1. The van der Waals surface area contributed by atoms with Gasteiger partial charge in [-0.3, -0.25) is 15.3 Å². The summed E-state index contributed by atoms with van der Waals surface area (Å²) in [4.78, 5) is 12.3. The highest BCUT2D eigenvalue weighted by Crippen LogP contribution is 2.21. The fourth-order valence-electron chi connectivity index (χ4n) is 1.85. The Bertz CT molecular complexity index is 708. The zero-order chi connectivity index (χ0) is 13.2. The Morgan fingerprint density at radius 3 is 2.63 bits per heavy atom. The molecule has 0 bridgehead atoms. The van der Waals surface area contributed by atoms with Crippen molar-refractivity contribution in [1.82, 2.24) is 19.5 Å². The minimum atomic E-state index is 0.275. The molecule has 2 heterocycles. The Morgan fingerprint density at radius 1 is 1.16 bits per heavy atom. The number of anilines is 1. The van der Waals surface area contributed by atoms with Gasteiger partial charge in [-0.25, -0.2) is 15.0 Å². The fraction of sp³-hybridized carbons (Fsp3) is 0.0833. The fourth-order valence-corrected chi connectivity index (χ4v) is 1.85. The Balaban J connectivity index is 2.14. The number of hydrogen-bond donors (Lipinski definition) is 2. The summed E-state index contributed by atoms with van der Waals surface area (Å²) in [6.45, 7) is 0. The van der Waals surface area contributed by atoms with E-state index < -0.39 is 0 Å². The predicted molar refractivity (Wildman–Crippen MR) is 68.6 cm³/mol. The number of hydrogen-bond acceptors (Lipinski definition) is 6. The Kier molecular flexibility index (Phi) is 2.73. The molecule has 0 amide bonds. The second-order valence-electron chi connectivity index (χ2n) is 3.82. The molecule has 0 fully saturated rings. The summed E-state index contributed by atoms with van der Waals surface area (Å²) in [5, 5.41) is 8.98. The second kappa shape index (κ2) is 4.54. The van der Waals surface area contributed by atoms with Gasteiger partial charge in [0, 0.05) is 5.69 Å². The van der Waals surface area contributed by atoms with E-state index in [2.05, 4.69) is 15.0 Å². The van der Waals surface area contributed by atoms with Crippen molar-refractivity contribution in [2.24, 2.45) is 0 Å². The molecule has 0 saturated heterocycles. The third kappa shape index (κ3) is 1.85. The molecule has 0 radical (unpaired) electrons. The molecule has 2 aromatic heterocycles. The van der Waals surface area contributed by atoms with Crippen molar-refractivity contribution >= 4 is 17.0 Å². The maximum absolute atomic E-state index is 8.98. The normalized spacial score (nSPS) is 10.6. The monoisotopic (exact) mass is 257 g/mol. The molecule has 1 aromatic carbocycles. The van der Waals surface area contributed by atoms with Gasteiger partial charge in [0.2, 0.25) is 0 Å². The van der Waals surface area contributed by atoms with E-state index >= 15 is 0 Å². The number of aromatic nitrogens is 4. The lowest BCUT2D eigenvalue weighted by Crippen LogP contribution is -1.98. The SMILES string of the molecule is COc1ccc(-n2cnc3c(NO)ncnc32)cc1. The summed E-state index contributed by atoms with van der Waals surface area (Å²) < 4.78 is 6.92. The third-order valence-corrected chi connectivity index (χ3v) is 2.79. The van der Waals surface area contributed by atoms with E-state index in [0.29, 0.717) is 11.2 Å². The topological polar surface area (TPSA) is 85.1 Å². The number of nitrogens with one attached hydrogen (secondary N) is 1. The van der Waals surface area contributed by atoms with Gasteiger partial charge in [-0.2, -0.15) is 0 Å². The van der Waals surface area contributed by atoms with Crippen LogP contribution < -0.4 is 10.2 Å². The molecule has 0 aliphatic heterocycles. The Hall–Kier alpha value is -2.67. The van der Waals surface area contributed by atoms with Gasteiger partial charge in [0.1, 0.15) is 18.4 Å². The van der Waals surface area contributed by atoms with Crippen LogP contribution in [-0.4, -0.2) is 31.8 Å². The van der Waals surface area contributed by atoms with E-state index in [4.69, 9.17) is 9.94 Å². The van der Waals surface area contributed by atoms with Gasteiger partial charge < -0.3 is 4.74 Å². The first-order valence-electron chi connectivity index (χ1n) is 5.56. The highest BCUT2D eigenvalue weighted by molar-refractivity contribution is 5.83. The van der Waals surface area contributed by atoms with Gasteiger partial charge >= 0.3 is 0 Å². The van der Waals surface area contributed by atoms with Crippen LogP contribution in [0, 0.1) is 0 Å². The average Bonchev–Trinajstić information content (AvgIpc) is 2.91. The molecule has 0 saturated carbocycles. The number of methoxy groups -OCH3 is 1. The zero-order valence-corrected chi connectivity index (χ0v) is 10.1. The van der Waals surface area contributed by atoms with Crippen molar-refractivity contribution in [1.29, 1.82) is 0 Å². The van der Waals surface area contributed by atoms with Gasteiger partial charge in [0.05, 0.1) is 7.11 Å². The van der Waals surface area contributed by atoms with Crippen LogP contribution >= 0.6 is 0 Å². The summed E-state index contributed by atoms with van der Waals surface area (Å²) in [6, 6.07) is 7.50. The summed E-state index contributed by atoms with van der Waals surface area (Å²) in [5.41, 5.74) is 4.01. The first-order valence-corrected chi connectivity index (χ1v) is 5.56. The van der Waals surface area contributed by atoms with Crippen molar-refractivity contribution in [2.75, 3.05) is 12.6 Å². The van der Waals surface area contributed by atoms with Gasteiger partial charge in [-0.05, 0) is 24.3 Å². The molecular formula is C12H11N5O2. The number of nitrogens with zero attached hydrogens (tertiary/aromatic N) is 4. The van der Waals surface area contributed by atoms with Crippen LogP contribution in [0.25, 0.3) is 16.9 Å². The lowest BCUT2D eigenvalue weighted by atomic mass is 10.3. The first kappa shape index (κ1) is 11.4. The Morgan fingerprint density at radius 2 is 1.95 bits per heavy atom. The van der Waals surface area contributed by atoms with Crippen molar-refractivity contribution in [3.05, 3.63) is 36.9 Å². The van der Waals surface area contributed by atoms with E-state index in [1.807, 2.05) is 29.7 Å². The van der Waals surface area contributed by atoms with E-state index in [0.717, 1.165) is 11.4 Å². The number of rotatable bonds is 3. The Labute approximate surface area is 108 Å². The van der Waals surface area contributed by atoms with Crippen molar-refractivity contribution in [2.45, 2.75) is 0 Å².